The fourth-order valence-electron chi connectivity index (χ4n) is 3.85. The minimum absolute atomic E-state index is 0.181. The Labute approximate surface area is 192 Å². The van der Waals surface area contributed by atoms with Crippen molar-refractivity contribution in [3.05, 3.63) is 155 Å². The first-order chi connectivity index (χ1) is 16.3. The van der Waals surface area contributed by atoms with Crippen LogP contribution in [-0.2, 0) is 0 Å². The lowest BCUT2D eigenvalue weighted by Gasteiger charge is -2.14. The first-order valence-electron chi connectivity index (χ1n) is 10.9. The number of nitrogens with zero attached hydrogens (tertiary/aromatic N) is 2. The van der Waals surface area contributed by atoms with Crippen molar-refractivity contribution in [2.45, 2.75) is 0 Å². The van der Waals surface area contributed by atoms with Crippen molar-refractivity contribution in [1.29, 1.82) is 0 Å². The van der Waals surface area contributed by atoms with Crippen molar-refractivity contribution in [2.75, 3.05) is 0 Å². The molecule has 3 heteroatoms. The van der Waals surface area contributed by atoms with Gasteiger partial charge in [0.25, 0.3) is 5.56 Å². The second-order valence-electron chi connectivity index (χ2n) is 7.69. The number of pyridine rings is 1. The van der Waals surface area contributed by atoms with Crippen LogP contribution in [0.3, 0.4) is 0 Å². The summed E-state index contributed by atoms with van der Waals surface area (Å²) in [5.41, 5.74) is 5.98. The first-order valence-corrected chi connectivity index (χ1v) is 10.9. The van der Waals surface area contributed by atoms with Crippen LogP contribution in [0.5, 0.6) is 0 Å². The molecule has 33 heavy (non-hydrogen) atoms. The lowest BCUT2D eigenvalue weighted by Crippen LogP contribution is -2.20. The average Bonchev–Trinajstić information content (AvgIpc) is 2.89. The Hall–Kier alpha value is -4.50. The normalized spacial score (nSPS) is 10.5. The molecule has 0 atom stereocenters. The van der Waals surface area contributed by atoms with Gasteiger partial charge in [-0.1, -0.05) is 121 Å². The highest BCUT2D eigenvalue weighted by Crippen LogP contribution is 2.25. The number of hydrogen-bond donors (Lipinski definition) is 0. The summed E-state index contributed by atoms with van der Waals surface area (Å²) in [6.07, 6.45) is 0. The second-order valence-corrected chi connectivity index (χ2v) is 7.69. The summed E-state index contributed by atoms with van der Waals surface area (Å²) in [6.45, 7) is 0. The molecule has 4 aromatic carbocycles. The van der Waals surface area contributed by atoms with Gasteiger partial charge in [-0.25, -0.2) is 0 Å². The van der Waals surface area contributed by atoms with Crippen LogP contribution >= 0.6 is 0 Å². The molecule has 0 saturated carbocycles. The predicted molar refractivity (Wildman–Crippen MR) is 135 cm³/mol. The molecule has 0 N–H and O–H groups in total. The molecule has 0 spiro atoms. The van der Waals surface area contributed by atoms with Crippen LogP contribution in [0.4, 0.5) is 0 Å². The minimum atomic E-state index is -0.181. The highest BCUT2D eigenvalue weighted by atomic mass is 16.1. The molecule has 0 unspecified atom stereocenters. The molecule has 5 aromatic rings. The van der Waals surface area contributed by atoms with Crippen molar-refractivity contribution in [3.63, 3.8) is 0 Å². The van der Waals surface area contributed by atoms with E-state index in [2.05, 4.69) is 0 Å². The number of rotatable bonds is 5. The zero-order chi connectivity index (χ0) is 22.5. The van der Waals surface area contributed by atoms with Crippen molar-refractivity contribution >= 4 is 5.71 Å². The third kappa shape index (κ3) is 4.43. The zero-order valence-electron chi connectivity index (χ0n) is 18.0. The fourth-order valence-corrected chi connectivity index (χ4v) is 3.85. The molecule has 0 fully saturated rings. The van der Waals surface area contributed by atoms with E-state index < -0.39 is 0 Å². The van der Waals surface area contributed by atoms with Gasteiger partial charge in [0.1, 0.15) is 0 Å². The summed E-state index contributed by atoms with van der Waals surface area (Å²) in [4.78, 5) is 13.5. The van der Waals surface area contributed by atoms with E-state index in [9.17, 15) is 4.79 Å². The van der Waals surface area contributed by atoms with Crippen LogP contribution in [0.2, 0.25) is 0 Å². The van der Waals surface area contributed by atoms with Gasteiger partial charge >= 0.3 is 0 Å². The van der Waals surface area contributed by atoms with E-state index in [1.54, 1.807) is 6.07 Å². The molecular formula is C30H22N2O. The smallest absolute Gasteiger partial charge is 0.267 e. The van der Waals surface area contributed by atoms with Gasteiger partial charge in [-0.2, -0.15) is 9.78 Å². The van der Waals surface area contributed by atoms with E-state index in [0.717, 1.165) is 39.2 Å². The molecule has 1 heterocycles. The topological polar surface area (TPSA) is 34.4 Å². The molecule has 0 aliphatic carbocycles. The molecule has 0 aliphatic rings. The monoisotopic (exact) mass is 426 g/mol. The van der Waals surface area contributed by atoms with Crippen molar-refractivity contribution in [2.24, 2.45) is 5.10 Å². The maximum Gasteiger partial charge on any atom is 0.272 e. The molecule has 158 valence electrons. The molecule has 0 bridgehead atoms. The summed E-state index contributed by atoms with van der Waals surface area (Å²) in [5, 5.41) is 4.93. The quantitative estimate of drug-likeness (QED) is 0.296. The fraction of sp³-hybridized carbons (Fsp3) is 0. The van der Waals surface area contributed by atoms with Crippen molar-refractivity contribution in [3.8, 4) is 22.4 Å². The van der Waals surface area contributed by atoms with E-state index >= 15 is 0 Å². The molecule has 0 saturated heterocycles. The lowest BCUT2D eigenvalue weighted by molar-refractivity contribution is 0.838. The lowest BCUT2D eigenvalue weighted by atomic mass is 10.0. The Balaban J connectivity index is 1.77. The highest BCUT2D eigenvalue weighted by molar-refractivity contribution is 6.12. The Bertz CT molecular complexity index is 1400. The van der Waals surface area contributed by atoms with Gasteiger partial charge in [0.05, 0.1) is 11.4 Å². The van der Waals surface area contributed by atoms with Crippen molar-refractivity contribution in [1.82, 2.24) is 4.68 Å². The van der Waals surface area contributed by atoms with E-state index in [0.29, 0.717) is 0 Å². The molecule has 1 aromatic heterocycles. The zero-order valence-corrected chi connectivity index (χ0v) is 18.0. The van der Waals surface area contributed by atoms with E-state index in [-0.39, 0.29) is 5.56 Å². The van der Waals surface area contributed by atoms with Crippen LogP contribution in [0.25, 0.3) is 22.4 Å². The van der Waals surface area contributed by atoms with Gasteiger partial charge in [0.15, 0.2) is 0 Å². The van der Waals surface area contributed by atoms with E-state index in [1.807, 2.05) is 127 Å². The molecule has 0 amide bonds. The Morgan fingerprint density at radius 3 is 1.48 bits per heavy atom. The van der Waals surface area contributed by atoms with Gasteiger partial charge in [0, 0.05) is 22.8 Å². The number of aromatic nitrogens is 1. The van der Waals surface area contributed by atoms with Crippen LogP contribution in [0.1, 0.15) is 11.1 Å². The molecular weight excluding hydrogens is 404 g/mol. The van der Waals surface area contributed by atoms with Gasteiger partial charge in [0.2, 0.25) is 0 Å². The van der Waals surface area contributed by atoms with E-state index in [4.69, 9.17) is 5.10 Å². The van der Waals surface area contributed by atoms with Gasteiger partial charge in [-0.3, -0.25) is 4.79 Å². The molecule has 0 aliphatic heterocycles. The number of benzene rings is 4. The average molecular weight is 427 g/mol. The minimum Gasteiger partial charge on any atom is -0.267 e. The van der Waals surface area contributed by atoms with Gasteiger partial charge < -0.3 is 0 Å². The maximum absolute atomic E-state index is 13.5. The second kappa shape index (κ2) is 9.33. The van der Waals surface area contributed by atoms with Crippen LogP contribution in [-0.4, -0.2) is 10.4 Å². The van der Waals surface area contributed by atoms with Crippen LogP contribution in [0, 0.1) is 0 Å². The molecule has 0 radical (unpaired) electrons. The van der Waals surface area contributed by atoms with Crippen LogP contribution < -0.4 is 5.56 Å². The van der Waals surface area contributed by atoms with E-state index in [1.165, 1.54) is 4.68 Å². The summed E-state index contributed by atoms with van der Waals surface area (Å²) < 4.78 is 1.51. The highest BCUT2D eigenvalue weighted by Gasteiger charge is 2.13. The third-order valence-corrected chi connectivity index (χ3v) is 5.48. The predicted octanol–water partition coefficient (Wildman–Crippen LogP) is 6.48. The Kier molecular flexibility index (Phi) is 5.77. The largest absolute Gasteiger partial charge is 0.272 e. The van der Waals surface area contributed by atoms with Gasteiger partial charge in [-0.05, 0) is 17.2 Å². The Morgan fingerprint density at radius 2 is 0.970 bits per heavy atom. The summed E-state index contributed by atoms with van der Waals surface area (Å²) in [6, 6.07) is 43.4. The maximum atomic E-state index is 13.5. The number of hydrogen-bond acceptors (Lipinski definition) is 2. The standard InChI is InChI=1S/C30H22N2O/c33-29-22-27(23-13-5-1-6-14-23)21-28(24-15-7-2-8-16-24)32(29)31-30(25-17-9-3-10-18-25)26-19-11-4-12-20-26/h1-22H. The summed E-state index contributed by atoms with van der Waals surface area (Å²) in [7, 11) is 0. The molecule has 5 rings (SSSR count). The SMILES string of the molecule is O=c1cc(-c2ccccc2)cc(-c2ccccc2)n1N=C(c1ccccc1)c1ccccc1. The summed E-state index contributed by atoms with van der Waals surface area (Å²) in [5.74, 6) is 0. The van der Waals surface area contributed by atoms with Gasteiger partial charge in [-0.15, -0.1) is 0 Å². The summed E-state index contributed by atoms with van der Waals surface area (Å²) >= 11 is 0. The van der Waals surface area contributed by atoms with Crippen molar-refractivity contribution < 1.29 is 0 Å². The first kappa shape index (κ1) is 20.4. The molecule has 3 nitrogen and oxygen atoms in total. The van der Waals surface area contributed by atoms with Crippen LogP contribution in [0.15, 0.2) is 143 Å². The Morgan fingerprint density at radius 1 is 0.515 bits per heavy atom. The third-order valence-electron chi connectivity index (χ3n) is 5.48.